The summed E-state index contributed by atoms with van der Waals surface area (Å²) in [7, 11) is 0. The van der Waals surface area contributed by atoms with E-state index in [0.29, 0.717) is 12.2 Å². The van der Waals surface area contributed by atoms with Crippen LogP contribution in [0.15, 0.2) is 30.5 Å². The maximum Gasteiger partial charge on any atom is 0.289 e. The third-order valence-electron chi connectivity index (χ3n) is 4.74. The molecule has 1 aliphatic rings. The van der Waals surface area contributed by atoms with Crippen molar-refractivity contribution >= 4 is 22.8 Å². The predicted molar refractivity (Wildman–Crippen MR) is 104 cm³/mol. The molecule has 0 aliphatic carbocycles. The zero-order valence-electron chi connectivity index (χ0n) is 15.6. The Morgan fingerprint density at radius 1 is 1.15 bits per heavy atom. The fourth-order valence-corrected chi connectivity index (χ4v) is 3.47. The van der Waals surface area contributed by atoms with E-state index in [1.165, 1.54) is 0 Å². The van der Waals surface area contributed by atoms with Crippen molar-refractivity contribution in [1.29, 1.82) is 0 Å². The Bertz CT molecular complexity index is 983. The minimum absolute atomic E-state index is 0.151. The Morgan fingerprint density at radius 2 is 1.96 bits per heavy atom. The summed E-state index contributed by atoms with van der Waals surface area (Å²) < 4.78 is 0. The smallest absolute Gasteiger partial charge is 0.289 e. The molecular formula is C20H22N6O. The molecule has 1 amide bonds. The van der Waals surface area contributed by atoms with Crippen LogP contribution in [0.4, 0.5) is 5.82 Å². The van der Waals surface area contributed by atoms with Crippen LogP contribution in [0.25, 0.3) is 11.0 Å². The third-order valence-corrected chi connectivity index (χ3v) is 4.74. The first-order valence-electron chi connectivity index (χ1n) is 9.21. The van der Waals surface area contributed by atoms with Crippen molar-refractivity contribution in [2.45, 2.75) is 33.2 Å². The summed E-state index contributed by atoms with van der Waals surface area (Å²) in [5.74, 6) is 0.646. The molecule has 138 valence electrons. The van der Waals surface area contributed by atoms with E-state index in [2.05, 4.69) is 30.2 Å². The van der Waals surface area contributed by atoms with Gasteiger partial charge in [-0.1, -0.05) is 6.07 Å². The Morgan fingerprint density at radius 3 is 2.70 bits per heavy atom. The zero-order chi connectivity index (χ0) is 18.8. The normalized spacial score (nSPS) is 13.9. The fraction of sp³-hybridized carbons (Fsp3) is 0.350. The van der Waals surface area contributed by atoms with E-state index in [4.69, 9.17) is 0 Å². The lowest BCUT2D eigenvalue weighted by molar-refractivity contribution is 0.0940. The van der Waals surface area contributed by atoms with Gasteiger partial charge < -0.3 is 10.2 Å². The molecule has 0 bridgehead atoms. The van der Waals surface area contributed by atoms with Crippen LogP contribution in [-0.2, 0) is 6.54 Å². The van der Waals surface area contributed by atoms with E-state index in [-0.39, 0.29) is 11.7 Å². The summed E-state index contributed by atoms with van der Waals surface area (Å²) in [5.41, 5.74) is 3.33. The number of amides is 1. The summed E-state index contributed by atoms with van der Waals surface area (Å²) >= 11 is 0. The van der Waals surface area contributed by atoms with Crippen LogP contribution in [0.3, 0.4) is 0 Å². The van der Waals surface area contributed by atoms with Crippen molar-refractivity contribution in [3.05, 3.63) is 53.2 Å². The molecule has 7 heteroatoms. The first-order chi connectivity index (χ1) is 13.1. The molecule has 0 radical (unpaired) electrons. The quantitative estimate of drug-likeness (QED) is 0.768. The molecule has 7 nitrogen and oxygen atoms in total. The molecule has 0 saturated carbocycles. The maximum atomic E-state index is 12.7. The number of hydrogen-bond donors (Lipinski definition) is 1. The van der Waals surface area contributed by atoms with E-state index in [1.807, 2.05) is 38.1 Å². The van der Waals surface area contributed by atoms with Crippen molar-refractivity contribution in [3.63, 3.8) is 0 Å². The zero-order valence-corrected chi connectivity index (χ0v) is 15.6. The predicted octanol–water partition coefficient (Wildman–Crippen LogP) is 2.57. The molecule has 1 saturated heterocycles. The van der Waals surface area contributed by atoms with Crippen LogP contribution in [0.1, 0.15) is 40.4 Å². The number of pyridine rings is 2. The van der Waals surface area contributed by atoms with Gasteiger partial charge in [0.1, 0.15) is 5.82 Å². The molecule has 0 aromatic carbocycles. The van der Waals surface area contributed by atoms with Crippen molar-refractivity contribution in [2.75, 3.05) is 18.0 Å². The molecule has 27 heavy (non-hydrogen) atoms. The van der Waals surface area contributed by atoms with Gasteiger partial charge in [0.2, 0.25) is 5.82 Å². The van der Waals surface area contributed by atoms with Crippen molar-refractivity contribution in [3.8, 4) is 0 Å². The number of nitrogens with one attached hydrogen (secondary N) is 1. The van der Waals surface area contributed by atoms with Gasteiger partial charge in [-0.05, 0) is 50.5 Å². The second-order valence-electron chi connectivity index (χ2n) is 6.85. The molecule has 3 aromatic heterocycles. The Hall–Kier alpha value is -3.09. The molecular weight excluding hydrogens is 340 g/mol. The van der Waals surface area contributed by atoms with Gasteiger partial charge >= 0.3 is 0 Å². The van der Waals surface area contributed by atoms with Gasteiger partial charge in [-0.2, -0.15) is 0 Å². The van der Waals surface area contributed by atoms with Crippen LogP contribution >= 0.6 is 0 Å². The van der Waals surface area contributed by atoms with Crippen LogP contribution in [0.2, 0.25) is 0 Å². The Labute approximate surface area is 157 Å². The summed E-state index contributed by atoms with van der Waals surface area (Å²) in [5, 5.41) is 3.79. The molecule has 1 fully saturated rings. The number of aryl methyl sites for hydroxylation is 2. The number of hydrogen-bond acceptors (Lipinski definition) is 6. The highest BCUT2D eigenvalue weighted by atomic mass is 16.2. The number of carbonyl (C=O) groups excluding carboxylic acids is 1. The molecule has 0 spiro atoms. The lowest BCUT2D eigenvalue weighted by atomic mass is 10.1. The van der Waals surface area contributed by atoms with Crippen molar-refractivity contribution in [2.24, 2.45) is 0 Å². The molecule has 1 aliphatic heterocycles. The number of aromatic nitrogens is 4. The SMILES string of the molecule is Cc1cc(C)c2c(N3CCCC3)nc(C(=O)NCc3ccccn3)nc2n1. The number of fused-ring (bicyclic) bond motifs is 1. The molecule has 4 rings (SSSR count). The number of anilines is 1. The van der Waals surface area contributed by atoms with Gasteiger partial charge in [0.25, 0.3) is 5.91 Å². The number of carbonyl (C=O) groups is 1. The van der Waals surface area contributed by atoms with Crippen molar-refractivity contribution < 1.29 is 4.79 Å². The monoisotopic (exact) mass is 362 g/mol. The summed E-state index contributed by atoms with van der Waals surface area (Å²) in [4.78, 5) is 32.8. The Balaban J connectivity index is 1.71. The highest BCUT2D eigenvalue weighted by Crippen LogP contribution is 2.29. The average Bonchev–Trinajstić information content (AvgIpc) is 3.20. The van der Waals surface area contributed by atoms with Gasteiger partial charge in [-0.15, -0.1) is 0 Å². The Kier molecular flexibility index (Phi) is 4.66. The minimum atomic E-state index is -0.316. The van der Waals surface area contributed by atoms with E-state index in [9.17, 15) is 4.79 Å². The fourth-order valence-electron chi connectivity index (χ4n) is 3.47. The summed E-state index contributed by atoms with van der Waals surface area (Å²) in [6, 6.07) is 7.63. The second kappa shape index (κ2) is 7.26. The van der Waals surface area contributed by atoms with E-state index >= 15 is 0 Å². The van der Waals surface area contributed by atoms with Gasteiger partial charge in [0.05, 0.1) is 17.6 Å². The van der Waals surface area contributed by atoms with Gasteiger partial charge in [-0.3, -0.25) is 9.78 Å². The second-order valence-corrected chi connectivity index (χ2v) is 6.85. The van der Waals surface area contributed by atoms with Gasteiger partial charge in [0.15, 0.2) is 5.65 Å². The van der Waals surface area contributed by atoms with E-state index < -0.39 is 0 Å². The van der Waals surface area contributed by atoms with Gasteiger partial charge in [-0.25, -0.2) is 15.0 Å². The highest BCUT2D eigenvalue weighted by molar-refractivity contribution is 5.96. The number of nitrogens with zero attached hydrogens (tertiary/aromatic N) is 5. The van der Waals surface area contributed by atoms with Crippen LogP contribution in [0, 0.1) is 13.8 Å². The van der Waals surface area contributed by atoms with Crippen LogP contribution in [0.5, 0.6) is 0 Å². The van der Waals surface area contributed by atoms with E-state index in [0.717, 1.165) is 54.1 Å². The molecule has 1 N–H and O–H groups in total. The van der Waals surface area contributed by atoms with E-state index in [1.54, 1.807) is 6.20 Å². The summed E-state index contributed by atoms with van der Waals surface area (Å²) in [6.07, 6.45) is 3.96. The molecule has 3 aromatic rings. The molecule has 0 atom stereocenters. The first kappa shape index (κ1) is 17.3. The topological polar surface area (TPSA) is 83.9 Å². The molecule has 0 unspecified atom stereocenters. The molecule has 4 heterocycles. The van der Waals surface area contributed by atoms with Crippen LogP contribution in [-0.4, -0.2) is 38.9 Å². The maximum absolute atomic E-state index is 12.7. The highest BCUT2D eigenvalue weighted by Gasteiger charge is 2.22. The van der Waals surface area contributed by atoms with Gasteiger partial charge in [0, 0.05) is 25.0 Å². The number of rotatable bonds is 4. The average molecular weight is 362 g/mol. The van der Waals surface area contributed by atoms with Crippen LogP contribution < -0.4 is 10.2 Å². The minimum Gasteiger partial charge on any atom is -0.356 e. The standard InChI is InChI=1S/C20H22N6O/c1-13-11-14(2)23-17-16(13)19(26-9-5-6-10-26)25-18(24-17)20(27)22-12-15-7-3-4-8-21-15/h3-4,7-8,11H,5-6,9-10,12H2,1-2H3,(H,22,27). The summed E-state index contributed by atoms with van der Waals surface area (Å²) in [6.45, 7) is 6.19. The van der Waals surface area contributed by atoms with Crippen molar-refractivity contribution in [1.82, 2.24) is 25.3 Å². The first-order valence-corrected chi connectivity index (χ1v) is 9.21. The lowest BCUT2D eigenvalue weighted by Crippen LogP contribution is -2.27. The largest absolute Gasteiger partial charge is 0.356 e. The third kappa shape index (κ3) is 3.58. The lowest BCUT2D eigenvalue weighted by Gasteiger charge is -2.20.